The predicted molar refractivity (Wildman–Crippen MR) is 37.8 cm³/mol. The monoisotopic (exact) mass is 197 g/mol. The standard InChI is InChI=1S/C4H8IN/c1-5-2-4-3-6-4/h4,6H,1-3H2. The smallest absolute Gasteiger partial charge is 0.0278 e. The summed E-state index contributed by atoms with van der Waals surface area (Å²) in [6.45, 7) is 1.26. The van der Waals surface area contributed by atoms with Crippen molar-refractivity contribution in [3.05, 3.63) is 0 Å². The second-order valence-corrected chi connectivity index (χ2v) is 3.41. The molecule has 1 aliphatic rings. The van der Waals surface area contributed by atoms with Crippen LogP contribution in [0.4, 0.5) is 0 Å². The van der Waals surface area contributed by atoms with Gasteiger partial charge in [-0.15, -0.1) is 20.7 Å². The normalized spacial score (nSPS) is 30.3. The molecule has 1 atom stereocenters. The van der Waals surface area contributed by atoms with E-state index in [2.05, 4.69) is 9.83 Å². The van der Waals surface area contributed by atoms with Gasteiger partial charge in [0.2, 0.25) is 0 Å². The molecule has 1 saturated heterocycles. The van der Waals surface area contributed by atoms with Gasteiger partial charge in [-0.25, -0.2) is 0 Å². The van der Waals surface area contributed by atoms with Crippen molar-refractivity contribution in [1.29, 1.82) is 0 Å². The summed E-state index contributed by atoms with van der Waals surface area (Å²) in [6.07, 6.45) is 0. The van der Waals surface area contributed by atoms with Gasteiger partial charge in [0, 0.05) is 17.0 Å². The molecule has 36 valence electrons. The largest absolute Gasteiger partial charge is 0.310 e. The first kappa shape index (κ1) is 4.71. The molecule has 1 rings (SSSR count). The molecule has 0 radical (unpaired) electrons. The molecule has 0 amide bonds. The molecular formula is C4H8IN. The molecule has 0 bridgehead atoms. The molecule has 1 unspecified atom stereocenters. The zero-order valence-electron chi connectivity index (χ0n) is 3.58. The molecule has 1 aliphatic heterocycles. The maximum absolute atomic E-state index is 3.84. The SMILES string of the molecule is C=ICC1CN1. The molecule has 1 nitrogen and oxygen atoms in total. The summed E-state index contributed by atoms with van der Waals surface area (Å²) in [5, 5.41) is 3.22. The molecule has 0 aromatic heterocycles. The Labute approximate surface area is 47.9 Å². The van der Waals surface area contributed by atoms with Crippen molar-refractivity contribution in [3.8, 4) is 0 Å². The summed E-state index contributed by atoms with van der Waals surface area (Å²) < 4.78 is 5.21. The average Bonchev–Trinajstić information content (AvgIpc) is 2.21. The minimum absolute atomic E-state index is 0.317. The average molecular weight is 197 g/mol. The van der Waals surface area contributed by atoms with Crippen molar-refractivity contribution in [1.82, 2.24) is 5.32 Å². The first-order valence-corrected chi connectivity index (χ1v) is 5.04. The van der Waals surface area contributed by atoms with Gasteiger partial charge >= 0.3 is 0 Å². The molecule has 0 aliphatic carbocycles. The Balaban J connectivity index is 2.00. The van der Waals surface area contributed by atoms with Crippen LogP contribution in [0.25, 0.3) is 0 Å². The zero-order chi connectivity index (χ0) is 4.41. The Morgan fingerprint density at radius 1 is 2.00 bits per heavy atom. The summed E-state index contributed by atoms with van der Waals surface area (Å²) >= 11 is 0.317. The summed E-state index contributed by atoms with van der Waals surface area (Å²) in [5.74, 6) is 0. The van der Waals surface area contributed by atoms with Gasteiger partial charge in [0.1, 0.15) is 0 Å². The van der Waals surface area contributed by atoms with Crippen molar-refractivity contribution >= 4 is 25.2 Å². The minimum Gasteiger partial charge on any atom is -0.310 e. The molecule has 0 aromatic carbocycles. The Morgan fingerprint density at radius 3 is 2.83 bits per heavy atom. The van der Waals surface area contributed by atoms with Crippen LogP contribution in [0.5, 0.6) is 0 Å². The van der Waals surface area contributed by atoms with Crippen molar-refractivity contribution in [2.45, 2.75) is 6.04 Å². The highest BCUT2D eigenvalue weighted by atomic mass is 127. The summed E-state index contributed by atoms with van der Waals surface area (Å²) in [7, 11) is 0. The highest BCUT2D eigenvalue weighted by Gasteiger charge is 2.16. The number of nitrogens with one attached hydrogen (secondary N) is 1. The maximum Gasteiger partial charge on any atom is 0.0278 e. The third kappa shape index (κ3) is 1.34. The van der Waals surface area contributed by atoms with Crippen LogP contribution in [-0.4, -0.2) is 21.5 Å². The highest BCUT2D eigenvalue weighted by Crippen LogP contribution is 2.03. The van der Waals surface area contributed by atoms with E-state index in [1.807, 2.05) is 0 Å². The van der Waals surface area contributed by atoms with Crippen molar-refractivity contribution in [2.75, 3.05) is 11.0 Å². The number of hydrogen-bond donors (Lipinski definition) is 1. The van der Waals surface area contributed by atoms with Crippen LogP contribution < -0.4 is 5.32 Å². The van der Waals surface area contributed by atoms with E-state index >= 15 is 0 Å². The fourth-order valence-electron chi connectivity index (χ4n) is 0.324. The Hall–Kier alpha value is 0.560. The van der Waals surface area contributed by atoms with Gasteiger partial charge in [0.05, 0.1) is 0 Å². The van der Waals surface area contributed by atoms with Crippen LogP contribution in [0.3, 0.4) is 0 Å². The quantitative estimate of drug-likeness (QED) is 0.385. The number of hydrogen-bond acceptors (Lipinski definition) is 1. The lowest BCUT2D eigenvalue weighted by Gasteiger charge is -1.75. The lowest BCUT2D eigenvalue weighted by Crippen LogP contribution is -1.88. The number of halogens is 1. The molecule has 0 aromatic rings. The van der Waals surface area contributed by atoms with Gasteiger partial charge in [-0.2, -0.15) is 0 Å². The van der Waals surface area contributed by atoms with Gasteiger partial charge in [0.25, 0.3) is 0 Å². The van der Waals surface area contributed by atoms with Crippen molar-refractivity contribution in [2.24, 2.45) is 0 Å². The highest BCUT2D eigenvalue weighted by molar-refractivity contribution is 14.2. The van der Waals surface area contributed by atoms with Gasteiger partial charge in [-0.3, -0.25) is 0 Å². The van der Waals surface area contributed by atoms with Crippen LogP contribution in [0.15, 0.2) is 0 Å². The number of rotatable bonds is 2. The van der Waals surface area contributed by atoms with Gasteiger partial charge in [0.15, 0.2) is 0 Å². The third-order valence-corrected chi connectivity index (χ3v) is 2.47. The van der Waals surface area contributed by atoms with Crippen LogP contribution in [0, 0.1) is 0 Å². The van der Waals surface area contributed by atoms with Gasteiger partial charge in [-0.05, 0) is 0 Å². The maximum atomic E-state index is 3.84. The summed E-state index contributed by atoms with van der Waals surface area (Å²) in [5.41, 5.74) is 0. The van der Waals surface area contributed by atoms with E-state index in [1.54, 1.807) is 0 Å². The van der Waals surface area contributed by atoms with Gasteiger partial charge in [-0.1, -0.05) is 4.51 Å². The Bertz CT molecular complexity index is 58.6. The topological polar surface area (TPSA) is 21.9 Å². The molecule has 6 heavy (non-hydrogen) atoms. The minimum atomic E-state index is 0.317. The molecule has 0 spiro atoms. The number of alkyl halides is 1. The summed E-state index contributed by atoms with van der Waals surface area (Å²) in [4.78, 5) is 0. The van der Waals surface area contributed by atoms with E-state index in [0.29, 0.717) is 20.7 Å². The second kappa shape index (κ2) is 2.02. The predicted octanol–water partition coefficient (Wildman–Crippen LogP) is 0.361. The fourth-order valence-corrected chi connectivity index (χ4v) is 1.70. The molecule has 0 saturated carbocycles. The Kier molecular flexibility index (Phi) is 1.59. The van der Waals surface area contributed by atoms with Crippen LogP contribution in [0.2, 0.25) is 0 Å². The fraction of sp³-hybridized carbons (Fsp3) is 0.750. The molecule has 2 heteroatoms. The van der Waals surface area contributed by atoms with Crippen LogP contribution in [0.1, 0.15) is 0 Å². The molecular weight excluding hydrogens is 189 g/mol. The first-order chi connectivity index (χ1) is 2.93. The molecule has 1 heterocycles. The Morgan fingerprint density at radius 2 is 2.67 bits per heavy atom. The molecule has 1 fully saturated rings. The summed E-state index contributed by atoms with van der Waals surface area (Å²) in [6, 6.07) is 0.885. The van der Waals surface area contributed by atoms with E-state index in [1.165, 1.54) is 11.0 Å². The van der Waals surface area contributed by atoms with Crippen molar-refractivity contribution < 1.29 is 0 Å². The first-order valence-electron chi connectivity index (χ1n) is 1.99. The van der Waals surface area contributed by atoms with Crippen LogP contribution >= 0.6 is 20.7 Å². The van der Waals surface area contributed by atoms with Gasteiger partial charge < -0.3 is 5.32 Å². The van der Waals surface area contributed by atoms with E-state index < -0.39 is 0 Å². The van der Waals surface area contributed by atoms with E-state index in [-0.39, 0.29) is 0 Å². The van der Waals surface area contributed by atoms with E-state index in [4.69, 9.17) is 0 Å². The lowest BCUT2D eigenvalue weighted by molar-refractivity contribution is 1.13. The van der Waals surface area contributed by atoms with E-state index in [0.717, 1.165) is 6.04 Å². The van der Waals surface area contributed by atoms with Crippen molar-refractivity contribution in [3.63, 3.8) is 0 Å². The lowest BCUT2D eigenvalue weighted by atomic mass is 10.6. The van der Waals surface area contributed by atoms with Crippen LogP contribution in [-0.2, 0) is 0 Å². The zero-order valence-corrected chi connectivity index (χ0v) is 5.73. The third-order valence-electron chi connectivity index (χ3n) is 0.788. The van der Waals surface area contributed by atoms with E-state index in [9.17, 15) is 0 Å². The second-order valence-electron chi connectivity index (χ2n) is 1.45. The molecule has 1 N–H and O–H groups in total.